The third-order valence-electron chi connectivity index (χ3n) is 4.42. The van der Waals surface area contributed by atoms with E-state index < -0.39 is 0 Å². The van der Waals surface area contributed by atoms with Crippen molar-refractivity contribution in [2.24, 2.45) is 0 Å². The summed E-state index contributed by atoms with van der Waals surface area (Å²) >= 11 is 0. The molecule has 0 aromatic carbocycles. The van der Waals surface area contributed by atoms with Crippen LogP contribution in [-0.4, -0.2) is 29.1 Å². The fourth-order valence-electron chi connectivity index (χ4n) is 3.33. The van der Waals surface area contributed by atoms with Crippen LogP contribution in [-0.2, 0) is 0 Å². The Labute approximate surface area is 105 Å². The van der Waals surface area contributed by atoms with Gasteiger partial charge < -0.3 is 10.2 Å². The zero-order valence-corrected chi connectivity index (χ0v) is 11.2. The lowest BCUT2D eigenvalue weighted by molar-refractivity contribution is 0.168. The minimum absolute atomic E-state index is 0.189. The van der Waals surface area contributed by atoms with Crippen LogP contribution in [0, 0.1) is 0 Å². The normalized spacial score (nSPS) is 30.6. The maximum absolute atomic E-state index is 12.3. The summed E-state index contributed by atoms with van der Waals surface area (Å²) in [4.78, 5) is 14.4. The van der Waals surface area contributed by atoms with Crippen LogP contribution in [0.2, 0.25) is 0 Å². The Kier molecular flexibility index (Phi) is 4.30. The molecule has 1 saturated heterocycles. The van der Waals surface area contributed by atoms with E-state index in [4.69, 9.17) is 0 Å². The molecule has 0 radical (unpaired) electrons. The molecule has 3 heteroatoms. The van der Waals surface area contributed by atoms with Gasteiger partial charge in [0.05, 0.1) is 0 Å². The first-order valence-electron chi connectivity index (χ1n) is 7.31. The summed E-state index contributed by atoms with van der Waals surface area (Å²) in [6, 6.07) is 1.51. The van der Waals surface area contributed by atoms with Gasteiger partial charge in [-0.15, -0.1) is 0 Å². The Hall–Kier alpha value is -0.730. The molecule has 0 aromatic rings. The van der Waals surface area contributed by atoms with Gasteiger partial charge in [0.15, 0.2) is 0 Å². The molecule has 2 rings (SSSR count). The first-order valence-corrected chi connectivity index (χ1v) is 7.31. The van der Waals surface area contributed by atoms with E-state index in [1.807, 2.05) is 0 Å². The van der Waals surface area contributed by atoms with Crippen molar-refractivity contribution < 1.29 is 4.79 Å². The van der Waals surface area contributed by atoms with Gasteiger partial charge in [0.2, 0.25) is 0 Å². The van der Waals surface area contributed by atoms with Crippen molar-refractivity contribution >= 4 is 6.03 Å². The molecule has 1 saturated carbocycles. The van der Waals surface area contributed by atoms with E-state index in [2.05, 4.69) is 24.1 Å². The average molecular weight is 238 g/mol. The van der Waals surface area contributed by atoms with Gasteiger partial charge in [-0.2, -0.15) is 0 Å². The van der Waals surface area contributed by atoms with Crippen molar-refractivity contribution in [1.82, 2.24) is 10.2 Å². The highest BCUT2D eigenvalue weighted by molar-refractivity contribution is 5.75. The molecule has 0 spiro atoms. The van der Waals surface area contributed by atoms with Crippen molar-refractivity contribution in [2.75, 3.05) is 0 Å². The number of rotatable bonds is 2. The number of urea groups is 1. The van der Waals surface area contributed by atoms with E-state index in [1.54, 1.807) is 0 Å². The number of hydrogen-bond acceptors (Lipinski definition) is 1. The zero-order valence-electron chi connectivity index (χ0n) is 11.2. The van der Waals surface area contributed by atoms with Crippen LogP contribution in [0.25, 0.3) is 0 Å². The summed E-state index contributed by atoms with van der Waals surface area (Å²) in [6.07, 6.45) is 9.66. The number of likely N-dealkylation sites (tertiary alicyclic amines) is 1. The van der Waals surface area contributed by atoms with Gasteiger partial charge in [0, 0.05) is 18.1 Å². The van der Waals surface area contributed by atoms with Gasteiger partial charge >= 0.3 is 6.03 Å². The molecule has 17 heavy (non-hydrogen) atoms. The molecule has 2 aliphatic rings. The summed E-state index contributed by atoms with van der Waals surface area (Å²) in [7, 11) is 0. The maximum Gasteiger partial charge on any atom is 0.318 e. The molecular weight excluding hydrogens is 212 g/mol. The molecule has 3 nitrogen and oxygen atoms in total. The quantitative estimate of drug-likeness (QED) is 0.786. The standard InChI is InChI=1S/C14H26N2O/c1-3-13-10-9-11(2)16(13)14(17)15-12-7-5-4-6-8-12/h11-13H,3-10H2,1-2H3,(H,15,17)/t11-,13-/m1/s1. The minimum Gasteiger partial charge on any atom is -0.335 e. The number of carbonyl (C=O) groups excluding carboxylic acids is 1. The Morgan fingerprint density at radius 2 is 1.88 bits per heavy atom. The Bertz CT molecular complexity index is 261. The lowest BCUT2D eigenvalue weighted by Gasteiger charge is -2.31. The zero-order chi connectivity index (χ0) is 12.3. The minimum atomic E-state index is 0.189. The third kappa shape index (κ3) is 2.93. The summed E-state index contributed by atoms with van der Waals surface area (Å²) in [5.74, 6) is 0. The average Bonchev–Trinajstić information content (AvgIpc) is 2.71. The van der Waals surface area contributed by atoms with Crippen LogP contribution in [0.4, 0.5) is 4.79 Å². The molecule has 1 aliphatic carbocycles. The second kappa shape index (κ2) is 5.74. The molecule has 2 fully saturated rings. The molecule has 0 aromatic heterocycles. The topological polar surface area (TPSA) is 32.3 Å². The second-order valence-electron chi connectivity index (χ2n) is 5.68. The lowest BCUT2D eigenvalue weighted by atomic mass is 9.96. The van der Waals surface area contributed by atoms with Crippen LogP contribution in [0.1, 0.15) is 65.2 Å². The number of carbonyl (C=O) groups is 1. The monoisotopic (exact) mass is 238 g/mol. The van der Waals surface area contributed by atoms with Crippen LogP contribution < -0.4 is 5.32 Å². The van der Waals surface area contributed by atoms with Gasteiger partial charge in [-0.25, -0.2) is 4.79 Å². The largest absolute Gasteiger partial charge is 0.335 e. The number of hydrogen-bond donors (Lipinski definition) is 1. The Morgan fingerprint density at radius 1 is 1.18 bits per heavy atom. The highest BCUT2D eigenvalue weighted by atomic mass is 16.2. The van der Waals surface area contributed by atoms with Gasteiger partial charge in [-0.05, 0) is 39.0 Å². The van der Waals surface area contributed by atoms with Crippen molar-refractivity contribution in [1.29, 1.82) is 0 Å². The summed E-state index contributed by atoms with van der Waals surface area (Å²) < 4.78 is 0. The molecule has 0 bridgehead atoms. The van der Waals surface area contributed by atoms with Gasteiger partial charge in [0.25, 0.3) is 0 Å². The summed E-state index contributed by atoms with van der Waals surface area (Å²) in [5.41, 5.74) is 0. The molecule has 1 heterocycles. The van der Waals surface area contributed by atoms with E-state index in [1.165, 1.54) is 38.5 Å². The van der Waals surface area contributed by atoms with Gasteiger partial charge in [-0.3, -0.25) is 0 Å². The number of amides is 2. The first-order chi connectivity index (χ1) is 8.22. The van der Waals surface area contributed by atoms with Crippen LogP contribution in [0.15, 0.2) is 0 Å². The SMILES string of the molecule is CC[C@@H]1CC[C@@H](C)N1C(=O)NC1CCCCC1. The van der Waals surface area contributed by atoms with Gasteiger partial charge in [-0.1, -0.05) is 26.2 Å². The molecule has 2 atom stereocenters. The predicted molar refractivity (Wildman–Crippen MR) is 70.0 cm³/mol. The molecule has 98 valence electrons. The van der Waals surface area contributed by atoms with E-state index in [0.29, 0.717) is 18.1 Å². The Morgan fingerprint density at radius 3 is 2.53 bits per heavy atom. The predicted octanol–water partition coefficient (Wildman–Crippen LogP) is 3.29. The van der Waals surface area contributed by atoms with Crippen LogP contribution >= 0.6 is 0 Å². The van der Waals surface area contributed by atoms with E-state index in [0.717, 1.165) is 12.8 Å². The van der Waals surface area contributed by atoms with Gasteiger partial charge in [0.1, 0.15) is 0 Å². The van der Waals surface area contributed by atoms with Crippen molar-refractivity contribution in [3.05, 3.63) is 0 Å². The molecule has 0 unspecified atom stereocenters. The summed E-state index contributed by atoms with van der Waals surface area (Å²) in [6.45, 7) is 4.36. The fourth-order valence-corrected chi connectivity index (χ4v) is 3.33. The molecule has 1 N–H and O–H groups in total. The molecule has 1 aliphatic heterocycles. The van der Waals surface area contributed by atoms with Crippen molar-refractivity contribution in [3.63, 3.8) is 0 Å². The third-order valence-corrected chi connectivity index (χ3v) is 4.42. The van der Waals surface area contributed by atoms with Crippen molar-refractivity contribution in [2.45, 2.75) is 83.3 Å². The maximum atomic E-state index is 12.3. The lowest BCUT2D eigenvalue weighted by Crippen LogP contribution is -2.49. The highest BCUT2D eigenvalue weighted by Gasteiger charge is 2.33. The van der Waals surface area contributed by atoms with Crippen molar-refractivity contribution in [3.8, 4) is 0 Å². The number of nitrogens with zero attached hydrogens (tertiary/aromatic N) is 1. The highest BCUT2D eigenvalue weighted by Crippen LogP contribution is 2.26. The van der Waals surface area contributed by atoms with E-state index in [9.17, 15) is 4.79 Å². The van der Waals surface area contributed by atoms with E-state index in [-0.39, 0.29) is 6.03 Å². The smallest absolute Gasteiger partial charge is 0.318 e. The first kappa shape index (κ1) is 12.7. The van der Waals surface area contributed by atoms with E-state index >= 15 is 0 Å². The Balaban J connectivity index is 1.89. The van der Waals surface area contributed by atoms with Crippen LogP contribution in [0.5, 0.6) is 0 Å². The van der Waals surface area contributed by atoms with Crippen LogP contribution in [0.3, 0.4) is 0 Å². The second-order valence-corrected chi connectivity index (χ2v) is 5.68. The molecular formula is C14H26N2O. The number of nitrogens with one attached hydrogen (secondary N) is 1. The molecule has 2 amide bonds. The summed E-state index contributed by atoms with van der Waals surface area (Å²) in [5, 5.41) is 3.24. The fraction of sp³-hybridized carbons (Fsp3) is 0.929.